The molecular weight excluding hydrogens is 457 g/mol. The summed E-state index contributed by atoms with van der Waals surface area (Å²) in [5.41, 5.74) is -0.338. The zero-order chi connectivity index (χ0) is 24.0. The minimum Gasteiger partial charge on any atom is -0.495 e. The minimum absolute atomic E-state index is 0.0899. The van der Waals surface area contributed by atoms with E-state index < -0.39 is 17.8 Å². The minimum atomic E-state index is -4.56. The number of methoxy groups -OCH3 is 1. The Morgan fingerprint density at radius 3 is 2.45 bits per heavy atom. The first-order valence-corrected chi connectivity index (χ1v) is 10.3. The first-order valence-electron chi connectivity index (χ1n) is 9.49. The summed E-state index contributed by atoms with van der Waals surface area (Å²) in [5.74, 6) is -0.221. The van der Waals surface area contributed by atoms with Crippen molar-refractivity contribution in [3.63, 3.8) is 0 Å². The van der Waals surface area contributed by atoms with Gasteiger partial charge in [-0.05, 0) is 48.5 Å². The molecule has 33 heavy (non-hydrogen) atoms. The van der Waals surface area contributed by atoms with Crippen LogP contribution in [0.2, 0.25) is 0 Å². The second-order valence-corrected chi connectivity index (χ2v) is 7.72. The van der Waals surface area contributed by atoms with Crippen molar-refractivity contribution in [3.8, 4) is 5.75 Å². The number of carbonyl (C=O) groups is 2. The van der Waals surface area contributed by atoms with Gasteiger partial charge in [0.05, 0.1) is 18.4 Å². The fourth-order valence-electron chi connectivity index (χ4n) is 2.77. The normalized spacial score (nSPS) is 10.9. The number of pyridine rings is 1. The molecule has 0 radical (unpaired) electrons. The van der Waals surface area contributed by atoms with Crippen molar-refractivity contribution in [2.24, 2.45) is 0 Å². The van der Waals surface area contributed by atoms with E-state index in [2.05, 4.69) is 20.9 Å². The lowest BCUT2D eigenvalue weighted by Gasteiger charge is -2.14. The van der Waals surface area contributed by atoms with Gasteiger partial charge in [0.2, 0.25) is 0 Å². The van der Waals surface area contributed by atoms with Gasteiger partial charge in [0, 0.05) is 28.7 Å². The molecule has 0 saturated heterocycles. The number of halogens is 3. The average Bonchev–Trinajstić information content (AvgIpc) is 2.78. The number of benzene rings is 2. The second kappa shape index (κ2) is 10.3. The average molecular weight is 476 g/mol. The van der Waals surface area contributed by atoms with Crippen molar-refractivity contribution < 1.29 is 27.5 Å². The summed E-state index contributed by atoms with van der Waals surface area (Å²) in [6, 6.07) is 12.3. The smallest absolute Gasteiger partial charge is 0.416 e. The number of nitrogens with one attached hydrogen (secondary N) is 3. The lowest BCUT2D eigenvalue weighted by Crippen LogP contribution is -2.20. The van der Waals surface area contributed by atoms with E-state index >= 15 is 0 Å². The Bertz CT molecular complexity index is 1170. The van der Waals surface area contributed by atoms with Gasteiger partial charge in [0.25, 0.3) is 5.91 Å². The molecule has 172 valence electrons. The van der Waals surface area contributed by atoms with Gasteiger partial charge in [-0.15, -0.1) is 0 Å². The Morgan fingerprint density at radius 1 is 1.00 bits per heavy atom. The van der Waals surface area contributed by atoms with Gasteiger partial charge in [-0.25, -0.2) is 4.79 Å². The third-order valence-electron chi connectivity index (χ3n) is 4.29. The predicted octanol–water partition coefficient (Wildman–Crippen LogP) is 5.26. The molecule has 2 aromatic carbocycles. The van der Waals surface area contributed by atoms with Gasteiger partial charge in [-0.1, -0.05) is 17.8 Å². The maximum atomic E-state index is 13.0. The third kappa shape index (κ3) is 6.39. The monoisotopic (exact) mass is 476 g/mol. The van der Waals surface area contributed by atoms with Crippen LogP contribution < -0.4 is 20.7 Å². The van der Waals surface area contributed by atoms with Crippen LogP contribution in [0.4, 0.5) is 29.3 Å². The quantitative estimate of drug-likeness (QED) is 0.451. The van der Waals surface area contributed by atoms with Gasteiger partial charge < -0.3 is 20.7 Å². The summed E-state index contributed by atoms with van der Waals surface area (Å²) in [4.78, 5) is 29.7. The van der Waals surface area contributed by atoms with Crippen LogP contribution in [-0.4, -0.2) is 31.1 Å². The molecule has 0 saturated carbocycles. The maximum Gasteiger partial charge on any atom is 0.416 e. The van der Waals surface area contributed by atoms with Crippen LogP contribution in [-0.2, 0) is 6.18 Å². The third-order valence-corrected chi connectivity index (χ3v) is 5.27. The molecule has 0 aliphatic heterocycles. The highest BCUT2D eigenvalue weighted by Crippen LogP contribution is 2.35. The Hall–Kier alpha value is -3.73. The number of urea groups is 1. The molecule has 3 amide bonds. The Morgan fingerprint density at radius 2 is 1.76 bits per heavy atom. The van der Waals surface area contributed by atoms with Gasteiger partial charge in [0.15, 0.2) is 0 Å². The van der Waals surface area contributed by atoms with Crippen LogP contribution in [0, 0.1) is 0 Å². The van der Waals surface area contributed by atoms with Crippen molar-refractivity contribution in [1.82, 2.24) is 10.3 Å². The van der Waals surface area contributed by atoms with Crippen LogP contribution in [0.1, 0.15) is 16.1 Å². The number of hydrogen-bond acceptors (Lipinski definition) is 5. The van der Waals surface area contributed by atoms with E-state index in [1.807, 2.05) is 6.07 Å². The van der Waals surface area contributed by atoms with Crippen LogP contribution in [0.15, 0.2) is 70.6 Å². The number of alkyl halides is 3. The number of ether oxygens (including phenoxy) is 1. The van der Waals surface area contributed by atoms with Gasteiger partial charge >= 0.3 is 12.2 Å². The number of hydrogen-bond donors (Lipinski definition) is 3. The molecule has 0 aliphatic rings. The molecule has 3 N–H and O–H groups in total. The van der Waals surface area contributed by atoms with Crippen LogP contribution in [0.5, 0.6) is 5.75 Å². The highest BCUT2D eigenvalue weighted by Gasteiger charge is 2.31. The zero-order valence-corrected chi connectivity index (χ0v) is 18.3. The molecule has 0 spiro atoms. The number of anilines is 2. The number of nitrogens with zero attached hydrogens (tertiary/aromatic N) is 1. The Labute approximate surface area is 191 Å². The second-order valence-electron chi connectivity index (χ2n) is 6.58. The zero-order valence-electron chi connectivity index (χ0n) is 17.5. The standard InChI is InChI=1S/C22H19F3N4O3S/c1-26-20(30)18-12-16(8-9-27-18)33-15-5-3-4-14(11-15)28-21(31)29-17-10-13(22(23,24)25)6-7-19(17)32-2/h3-12H,1-2H3,(H,26,30)(H2,28,29,31). The molecule has 0 aliphatic carbocycles. The summed E-state index contributed by atoms with van der Waals surface area (Å²) < 4.78 is 44.0. The van der Waals surface area contributed by atoms with E-state index in [0.717, 1.165) is 28.0 Å². The lowest BCUT2D eigenvalue weighted by atomic mass is 10.2. The van der Waals surface area contributed by atoms with Gasteiger partial charge in [-0.2, -0.15) is 13.2 Å². The molecule has 0 unspecified atom stereocenters. The molecular formula is C22H19F3N4O3S. The van der Waals surface area contributed by atoms with Crippen molar-refractivity contribution in [1.29, 1.82) is 0 Å². The van der Waals surface area contributed by atoms with Gasteiger partial charge in [-0.3, -0.25) is 9.78 Å². The first kappa shape index (κ1) is 23.9. The molecule has 3 rings (SSSR count). The maximum absolute atomic E-state index is 13.0. The fourth-order valence-corrected chi connectivity index (χ4v) is 3.67. The highest BCUT2D eigenvalue weighted by atomic mass is 32.2. The summed E-state index contributed by atoms with van der Waals surface area (Å²) in [7, 11) is 2.81. The van der Waals surface area contributed by atoms with Crippen molar-refractivity contribution >= 4 is 35.1 Å². The predicted molar refractivity (Wildman–Crippen MR) is 119 cm³/mol. The summed E-state index contributed by atoms with van der Waals surface area (Å²) in [6.45, 7) is 0. The first-order chi connectivity index (χ1) is 15.7. The molecule has 11 heteroatoms. The summed E-state index contributed by atoms with van der Waals surface area (Å²) in [6.07, 6.45) is -3.04. The van der Waals surface area contributed by atoms with E-state index in [-0.39, 0.29) is 23.0 Å². The van der Waals surface area contributed by atoms with E-state index in [1.54, 1.807) is 30.3 Å². The van der Waals surface area contributed by atoms with Crippen LogP contribution in [0.25, 0.3) is 0 Å². The molecule has 1 heterocycles. The fraction of sp³-hybridized carbons (Fsp3) is 0.136. The molecule has 0 atom stereocenters. The van der Waals surface area contributed by atoms with E-state index in [9.17, 15) is 22.8 Å². The van der Waals surface area contributed by atoms with Crippen LogP contribution in [0.3, 0.4) is 0 Å². The van der Waals surface area contributed by atoms with E-state index in [0.29, 0.717) is 5.69 Å². The highest BCUT2D eigenvalue weighted by molar-refractivity contribution is 7.99. The number of amides is 3. The van der Waals surface area contributed by atoms with Crippen molar-refractivity contribution in [2.75, 3.05) is 24.8 Å². The van der Waals surface area contributed by atoms with E-state index in [4.69, 9.17) is 4.74 Å². The van der Waals surface area contributed by atoms with Crippen molar-refractivity contribution in [2.45, 2.75) is 16.0 Å². The topological polar surface area (TPSA) is 92.4 Å². The molecule has 7 nitrogen and oxygen atoms in total. The SMILES string of the molecule is CNC(=O)c1cc(Sc2cccc(NC(=O)Nc3cc(C(F)(F)F)ccc3OC)c2)ccn1. The Balaban J connectivity index is 1.72. The van der Waals surface area contributed by atoms with Gasteiger partial charge in [0.1, 0.15) is 11.4 Å². The Kier molecular flexibility index (Phi) is 7.44. The summed E-state index contributed by atoms with van der Waals surface area (Å²) in [5, 5.41) is 7.48. The van der Waals surface area contributed by atoms with E-state index in [1.165, 1.54) is 32.1 Å². The molecule has 0 bridgehead atoms. The lowest BCUT2D eigenvalue weighted by molar-refractivity contribution is -0.137. The summed E-state index contributed by atoms with van der Waals surface area (Å²) >= 11 is 1.35. The molecule has 0 fully saturated rings. The van der Waals surface area contributed by atoms with Crippen LogP contribution >= 0.6 is 11.8 Å². The number of rotatable bonds is 6. The largest absolute Gasteiger partial charge is 0.495 e. The molecule has 1 aromatic heterocycles. The van der Waals surface area contributed by atoms with Crippen molar-refractivity contribution in [3.05, 3.63) is 72.1 Å². The number of aromatic nitrogens is 1. The number of carbonyl (C=O) groups excluding carboxylic acids is 2. The molecule has 3 aromatic rings.